The molecular weight excluding hydrogens is 340 g/mol. The lowest BCUT2D eigenvalue weighted by Gasteiger charge is -2.22. The Hall–Kier alpha value is -2.56. The van der Waals surface area contributed by atoms with Crippen molar-refractivity contribution in [3.05, 3.63) is 84.3 Å². The fourth-order valence-corrected chi connectivity index (χ4v) is 3.52. The van der Waals surface area contributed by atoms with Crippen LogP contribution in [0.25, 0.3) is 11.1 Å². The molecule has 1 aliphatic carbocycles. The van der Waals surface area contributed by atoms with Crippen LogP contribution in [0.15, 0.2) is 62.1 Å². The maximum Gasteiger partial charge on any atom is 0.188 e. The Morgan fingerprint density at radius 2 is 1.22 bits per heavy atom. The van der Waals surface area contributed by atoms with Crippen molar-refractivity contribution in [2.24, 2.45) is 0 Å². The minimum Gasteiger partial charge on any atom is -0.476 e. The molecule has 0 heterocycles. The van der Waals surface area contributed by atoms with E-state index < -0.39 is 0 Å². The highest BCUT2D eigenvalue weighted by atomic mass is 16.7. The first kappa shape index (κ1) is 19.2. The lowest BCUT2D eigenvalue weighted by molar-refractivity contribution is -0.0204. The number of fused-ring (bicyclic) bond motifs is 3. The van der Waals surface area contributed by atoms with Crippen molar-refractivity contribution in [2.75, 3.05) is 13.6 Å². The highest BCUT2D eigenvalue weighted by Crippen LogP contribution is 2.49. The molecule has 0 atom stereocenters. The number of hydrogen-bond donors (Lipinski definition) is 0. The summed E-state index contributed by atoms with van der Waals surface area (Å²) >= 11 is 0. The number of benzene rings is 2. The summed E-state index contributed by atoms with van der Waals surface area (Å²) < 4.78 is 21.1. The van der Waals surface area contributed by atoms with E-state index >= 15 is 0 Å². The Bertz CT molecular complexity index is 756. The highest BCUT2D eigenvalue weighted by Gasteiger charge is 2.35. The van der Waals surface area contributed by atoms with Gasteiger partial charge in [-0.15, -0.1) is 0 Å². The highest BCUT2D eigenvalue weighted by molar-refractivity contribution is 5.81. The minimum atomic E-state index is -0.0775. The summed E-state index contributed by atoms with van der Waals surface area (Å²) in [4.78, 5) is 0. The summed E-state index contributed by atoms with van der Waals surface area (Å²) in [6, 6.07) is 13.1. The average molecular weight is 366 g/mol. The largest absolute Gasteiger partial charge is 0.476 e. The second-order valence-corrected chi connectivity index (χ2v) is 6.98. The lowest BCUT2D eigenvalue weighted by Crippen LogP contribution is -2.15. The lowest BCUT2D eigenvalue weighted by atomic mass is 9.81. The molecule has 0 bridgehead atoms. The van der Waals surface area contributed by atoms with Crippen molar-refractivity contribution in [2.45, 2.75) is 32.5 Å². The van der Waals surface area contributed by atoms with Gasteiger partial charge in [0.15, 0.2) is 13.6 Å². The van der Waals surface area contributed by atoms with Crippen LogP contribution in [0.4, 0.5) is 0 Å². The zero-order chi connectivity index (χ0) is 19.3. The molecule has 0 amide bonds. The van der Waals surface area contributed by atoms with E-state index in [4.69, 9.17) is 18.9 Å². The van der Waals surface area contributed by atoms with Gasteiger partial charge >= 0.3 is 0 Å². The third-order valence-electron chi connectivity index (χ3n) is 4.88. The van der Waals surface area contributed by atoms with Crippen molar-refractivity contribution < 1.29 is 18.9 Å². The third kappa shape index (κ3) is 4.07. The summed E-state index contributed by atoms with van der Waals surface area (Å²) in [5.41, 5.74) is 7.38. The van der Waals surface area contributed by atoms with Gasteiger partial charge in [-0.2, -0.15) is 0 Å². The molecular formula is C23H26O4. The number of rotatable bonds is 10. The van der Waals surface area contributed by atoms with Crippen LogP contribution in [0.2, 0.25) is 0 Å². The van der Waals surface area contributed by atoms with Crippen LogP contribution in [0.5, 0.6) is 0 Å². The summed E-state index contributed by atoms with van der Waals surface area (Å²) in [5.74, 6) is 0. The normalized spacial score (nSPS) is 13.6. The zero-order valence-electron chi connectivity index (χ0n) is 16.0. The van der Waals surface area contributed by atoms with Crippen molar-refractivity contribution in [3.63, 3.8) is 0 Å². The fraction of sp³-hybridized carbons (Fsp3) is 0.304. The van der Waals surface area contributed by atoms with Gasteiger partial charge in [-0.3, -0.25) is 0 Å². The van der Waals surface area contributed by atoms with Gasteiger partial charge in [0.1, 0.15) is 0 Å². The molecule has 2 aromatic carbocycles. The Labute approximate surface area is 161 Å². The van der Waals surface area contributed by atoms with Gasteiger partial charge in [0.2, 0.25) is 0 Å². The smallest absolute Gasteiger partial charge is 0.188 e. The maximum absolute atomic E-state index is 5.52. The summed E-state index contributed by atoms with van der Waals surface area (Å²) in [5, 5.41) is 0. The summed E-state index contributed by atoms with van der Waals surface area (Å²) in [7, 11) is 0. The predicted octanol–water partition coefficient (Wildman–Crippen LogP) is 5.26. The van der Waals surface area contributed by atoms with Gasteiger partial charge in [-0.25, -0.2) is 0 Å². The SMILES string of the molecule is C=COCOCc1ccc2c(c1)C(C)(C)c1cc(COCOC=C)ccc1-2. The monoisotopic (exact) mass is 366 g/mol. The Balaban J connectivity index is 1.79. The molecule has 0 radical (unpaired) electrons. The quantitative estimate of drug-likeness (QED) is 0.326. The molecule has 0 aliphatic heterocycles. The molecule has 4 nitrogen and oxygen atoms in total. The van der Waals surface area contributed by atoms with E-state index in [9.17, 15) is 0 Å². The number of ether oxygens (including phenoxy) is 4. The minimum absolute atomic E-state index is 0.0775. The molecule has 2 aromatic rings. The molecule has 0 unspecified atom stereocenters. The number of hydrogen-bond acceptors (Lipinski definition) is 4. The Morgan fingerprint density at radius 3 is 1.63 bits per heavy atom. The van der Waals surface area contributed by atoms with Crippen LogP contribution >= 0.6 is 0 Å². The molecule has 1 aliphatic rings. The van der Waals surface area contributed by atoms with Crippen LogP contribution in [0.3, 0.4) is 0 Å². The average Bonchev–Trinajstić information content (AvgIpc) is 2.89. The van der Waals surface area contributed by atoms with Crippen molar-refractivity contribution in [1.82, 2.24) is 0 Å². The van der Waals surface area contributed by atoms with Crippen LogP contribution in [0, 0.1) is 0 Å². The van der Waals surface area contributed by atoms with Gasteiger partial charge in [-0.05, 0) is 33.4 Å². The Morgan fingerprint density at radius 1 is 0.778 bits per heavy atom. The van der Waals surface area contributed by atoms with Crippen LogP contribution < -0.4 is 0 Å². The van der Waals surface area contributed by atoms with Gasteiger partial charge in [0, 0.05) is 5.41 Å². The molecule has 0 spiro atoms. The molecule has 4 heteroatoms. The van der Waals surface area contributed by atoms with Crippen molar-refractivity contribution in [1.29, 1.82) is 0 Å². The van der Waals surface area contributed by atoms with Crippen LogP contribution in [-0.2, 0) is 37.6 Å². The predicted molar refractivity (Wildman–Crippen MR) is 106 cm³/mol. The van der Waals surface area contributed by atoms with Crippen molar-refractivity contribution in [3.8, 4) is 11.1 Å². The van der Waals surface area contributed by atoms with Crippen LogP contribution in [0.1, 0.15) is 36.1 Å². The Kier molecular flexibility index (Phi) is 5.99. The fourth-order valence-electron chi connectivity index (χ4n) is 3.52. The second-order valence-electron chi connectivity index (χ2n) is 6.98. The summed E-state index contributed by atoms with van der Waals surface area (Å²) in [6.07, 6.45) is 2.76. The first-order chi connectivity index (χ1) is 13.1. The molecule has 0 saturated heterocycles. The topological polar surface area (TPSA) is 36.9 Å². The molecule has 0 aromatic heterocycles. The summed E-state index contributed by atoms with van der Waals surface area (Å²) in [6.45, 7) is 13.0. The molecule has 142 valence electrons. The molecule has 0 N–H and O–H groups in total. The van der Waals surface area contributed by atoms with E-state index in [2.05, 4.69) is 63.4 Å². The van der Waals surface area contributed by atoms with Crippen molar-refractivity contribution >= 4 is 0 Å². The first-order valence-electron chi connectivity index (χ1n) is 8.95. The molecule has 27 heavy (non-hydrogen) atoms. The van der Waals surface area contributed by atoms with Gasteiger partial charge in [-0.1, -0.05) is 63.4 Å². The molecule has 0 saturated carbocycles. The van der Waals surface area contributed by atoms with E-state index in [0.29, 0.717) is 13.2 Å². The standard InChI is InChI=1S/C23H26O4/c1-5-24-15-26-13-17-7-9-19-20-10-8-18(14-27-16-25-6-2)12-22(20)23(3,4)21(19)11-17/h5-12H,1-2,13-16H2,3-4H3. The van der Waals surface area contributed by atoms with E-state index in [-0.39, 0.29) is 19.0 Å². The van der Waals surface area contributed by atoms with Gasteiger partial charge < -0.3 is 18.9 Å². The first-order valence-corrected chi connectivity index (χ1v) is 8.95. The molecule has 0 fully saturated rings. The second kappa shape index (κ2) is 8.42. The zero-order valence-corrected chi connectivity index (χ0v) is 16.0. The van der Waals surface area contributed by atoms with E-state index in [1.54, 1.807) is 0 Å². The van der Waals surface area contributed by atoms with E-state index in [1.165, 1.54) is 34.8 Å². The van der Waals surface area contributed by atoms with Gasteiger partial charge in [0.05, 0.1) is 25.7 Å². The third-order valence-corrected chi connectivity index (χ3v) is 4.88. The van der Waals surface area contributed by atoms with Crippen LogP contribution in [-0.4, -0.2) is 13.6 Å². The van der Waals surface area contributed by atoms with E-state index in [0.717, 1.165) is 11.1 Å². The van der Waals surface area contributed by atoms with E-state index in [1.807, 2.05) is 0 Å². The maximum atomic E-state index is 5.52. The van der Waals surface area contributed by atoms with Gasteiger partial charge in [0.25, 0.3) is 0 Å². The molecule has 3 rings (SSSR count).